The van der Waals surface area contributed by atoms with Gasteiger partial charge in [-0.15, -0.1) is 6.58 Å². The maximum absolute atomic E-state index is 10.5. The summed E-state index contributed by atoms with van der Waals surface area (Å²) in [5.74, 6) is 0.572. The quantitative estimate of drug-likeness (QED) is 0.506. The fourth-order valence-corrected chi connectivity index (χ4v) is 1.19. The van der Waals surface area contributed by atoms with Gasteiger partial charge in [0.25, 0.3) is 0 Å². The molecule has 5 heteroatoms. The van der Waals surface area contributed by atoms with Crippen molar-refractivity contribution in [3.05, 3.63) is 30.6 Å². The van der Waals surface area contributed by atoms with Gasteiger partial charge in [0.1, 0.15) is 0 Å². The monoisotopic (exact) mass is 221 g/mol. The van der Waals surface area contributed by atoms with E-state index in [1.807, 2.05) is 4.90 Å². The summed E-state index contributed by atoms with van der Waals surface area (Å²) in [6.07, 6.45) is 5.49. The van der Waals surface area contributed by atoms with Crippen LogP contribution in [-0.2, 0) is 4.74 Å². The van der Waals surface area contributed by atoms with Gasteiger partial charge >= 0.3 is 0 Å². The minimum atomic E-state index is 0.467. The fraction of sp³-hybridized carbons (Fsp3) is 0.364. The number of aromatic nitrogens is 2. The van der Waals surface area contributed by atoms with Gasteiger partial charge in [-0.25, -0.2) is 9.97 Å². The van der Waals surface area contributed by atoms with E-state index in [2.05, 4.69) is 16.5 Å². The van der Waals surface area contributed by atoms with E-state index in [-0.39, 0.29) is 0 Å². The van der Waals surface area contributed by atoms with Crippen molar-refractivity contribution in [1.82, 2.24) is 9.97 Å². The number of nitrogens with zero attached hydrogens (tertiary/aromatic N) is 3. The number of methoxy groups -OCH3 is 1. The Bertz CT molecular complexity index is 338. The molecule has 0 aliphatic heterocycles. The number of carbonyl (C=O) groups is 1. The Morgan fingerprint density at radius 3 is 2.69 bits per heavy atom. The van der Waals surface area contributed by atoms with Crippen LogP contribution >= 0.6 is 0 Å². The van der Waals surface area contributed by atoms with Crippen molar-refractivity contribution in [1.29, 1.82) is 0 Å². The summed E-state index contributed by atoms with van der Waals surface area (Å²) in [6, 6.07) is 0. The summed E-state index contributed by atoms with van der Waals surface area (Å²) in [4.78, 5) is 20.6. The van der Waals surface area contributed by atoms with E-state index in [0.29, 0.717) is 31.2 Å². The molecule has 1 aromatic heterocycles. The third-order valence-electron chi connectivity index (χ3n) is 1.99. The molecule has 0 N–H and O–H groups in total. The Morgan fingerprint density at radius 2 is 2.19 bits per heavy atom. The molecule has 0 radical (unpaired) electrons. The highest BCUT2D eigenvalue weighted by Crippen LogP contribution is 2.05. The molecule has 1 heterocycles. The zero-order chi connectivity index (χ0) is 11.8. The Balaban J connectivity index is 2.74. The maximum atomic E-state index is 10.5. The van der Waals surface area contributed by atoms with Gasteiger partial charge in [0.05, 0.1) is 12.2 Å². The fourth-order valence-electron chi connectivity index (χ4n) is 1.19. The summed E-state index contributed by atoms with van der Waals surface area (Å²) in [5.41, 5.74) is 0.467. The van der Waals surface area contributed by atoms with Crippen LogP contribution < -0.4 is 4.90 Å². The van der Waals surface area contributed by atoms with Gasteiger partial charge in [-0.05, 0) is 0 Å². The molecule has 0 unspecified atom stereocenters. The molecule has 0 aliphatic rings. The largest absolute Gasteiger partial charge is 0.383 e. The summed E-state index contributed by atoms with van der Waals surface area (Å²) in [7, 11) is 1.64. The average Bonchev–Trinajstić information content (AvgIpc) is 2.35. The van der Waals surface area contributed by atoms with Crippen LogP contribution in [0, 0.1) is 0 Å². The number of rotatable bonds is 7. The molecule has 0 amide bonds. The molecule has 86 valence electrons. The summed E-state index contributed by atoms with van der Waals surface area (Å²) in [5, 5.41) is 0. The van der Waals surface area contributed by atoms with Crippen LogP contribution in [0.4, 0.5) is 5.95 Å². The standard InChI is InChI=1S/C11H15N3O2/c1-3-4-14(5-6-16-2)11-12-7-10(9-15)8-13-11/h3,7-9H,1,4-6H2,2H3. The van der Waals surface area contributed by atoms with E-state index < -0.39 is 0 Å². The van der Waals surface area contributed by atoms with Crippen molar-refractivity contribution >= 4 is 12.2 Å². The zero-order valence-electron chi connectivity index (χ0n) is 9.30. The Labute approximate surface area is 94.8 Å². The zero-order valence-corrected chi connectivity index (χ0v) is 9.30. The number of anilines is 1. The van der Waals surface area contributed by atoms with Crippen molar-refractivity contribution in [2.24, 2.45) is 0 Å². The van der Waals surface area contributed by atoms with Crippen LogP contribution in [0.25, 0.3) is 0 Å². The minimum Gasteiger partial charge on any atom is -0.383 e. The van der Waals surface area contributed by atoms with E-state index in [1.54, 1.807) is 13.2 Å². The topological polar surface area (TPSA) is 55.3 Å². The van der Waals surface area contributed by atoms with Crippen LogP contribution in [0.15, 0.2) is 25.0 Å². The molecule has 0 saturated carbocycles. The molecule has 0 aromatic carbocycles. The number of aldehydes is 1. The molecule has 0 fully saturated rings. The lowest BCUT2D eigenvalue weighted by Crippen LogP contribution is -2.29. The second kappa shape index (κ2) is 6.68. The number of hydrogen-bond acceptors (Lipinski definition) is 5. The highest BCUT2D eigenvalue weighted by molar-refractivity contribution is 5.73. The third-order valence-corrected chi connectivity index (χ3v) is 1.99. The van der Waals surface area contributed by atoms with Crippen molar-refractivity contribution in [3.8, 4) is 0 Å². The highest BCUT2D eigenvalue weighted by atomic mass is 16.5. The summed E-state index contributed by atoms with van der Waals surface area (Å²) < 4.78 is 5.00. The molecule has 0 bridgehead atoms. The maximum Gasteiger partial charge on any atom is 0.225 e. The lowest BCUT2D eigenvalue weighted by atomic mass is 10.4. The normalized spacial score (nSPS) is 9.81. The van der Waals surface area contributed by atoms with E-state index >= 15 is 0 Å². The molecule has 16 heavy (non-hydrogen) atoms. The summed E-state index contributed by atoms with van der Waals surface area (Å²) >= 11 is 0. The van der Waals surface area contributed by atoms with Gasteiger partial charge in [0.2, 0.25) is 5.95 Å². The Hall–Kier alpha value is -1.75. The molecule has 0 spiro atoms. The van der Waals surface area contributed by atoms with E-state index in [0.717, 1.165) is 6.29 Å². The minimum absolute atomic E-state index is 0.467. The average molecular weight is 221 g/mol. The van der Waals surface area contributed by atoms with Crippen molar-refractivity contribution in [2.45, 2.75) is 0 Å². The molecular formula is C11H15N3O2. The predicted octanol–water partition coefficient (Wildman–Crippen LogP) is 0.928. The first kappa shape index (κ1) is 12.3. The van der Waals surface area contributed by atoms with Crippen LogP contribution in [0.3, 0.4) is 0 Å². The highest BCUT2D eigenvalue weighted by Gasteiger charge is 2.07. The SMILES string of the molecule is C=CCN(CCOC)c1ncc(C=O)cn1. The molecular weight excluding hydrogens is 206 g/mol. The van der Waals surface area contributed by atoms with Gasteiger partial charge in [-0.1, -0.05) is 6.08 Å². The first-order valence-electron chi connectivity index (χ1n) is 4.93. The first-order chi connectivity index (χ1) is 7.81. The van der Waals surface area contributed by atoms with Gasteiger partial charge in [-0.2, -0.15) is 0 Å². The van der Waals surface area contributed by atoms with Gasteiger partial charge in [0.15, 0.2) is 6.29 Å². The third kappa shape index (κ3) is 3.43. The smallest absolute Gasteiger partial charge is 0.225 e. The number of carbonyl (C=O) groups excluding carboxylic acids is 1. The molecule has 0 atom stereocenters. The summed E-state index contributed by atoms with van der Waals surface area (Å²) in [6.45, 7) is 5.59. The van der Waals surface area contributed by atoms with E-state index in [9.17, 15) is 4.79 Å². The first-order valence-corrected chi connectivity index (χ1v) is 4.93. The molecule has 1 aromatic rings. The Morgan fingerprint density at radius 1 is 1.50 bits per heavy atom. The van der Waals surface area contributed by atoms with Crippen molar-refractivity contribution in [3.63, 3.8) is 0 Å². The van der Waals surface area contributed by atoms with Crippen LogP contribution in [0.2, 0.25) is 0 Å². The van der Waals surface area contributed by atoms with E-state index in [4.69, 9.17) is 4.74 Å². The number of hydrogen-bond donors (Lipinski definition) is 0. The van der Waals surface area contributed by atoms with Crippen LogP contribution in [0.5, 0.6) is 0 Å². The van der Waals surface area contributed by atoms with Gasteiger partial charge < -0.3 is 9.64 Å². The van der Waals surface area contributed by atoms with Crippen molar-refractivity contribution in [2.75, 3.05) is 31.7 Å². The number of ether oxygens (including phenoxy) is 1. The molecule has 1 rings (SSSR count). The Kier molecular flexibility index (Phi) is 5.15. The van der Waals surface area contributed by atoms with Crippen molar-refractivity contribution < 1.29 is 9.53 Å². The molecule has 0 aliphatic carbocycles. The van der Waals surface area contributed by atoms with Gasteiger partial charge in [-0.3, -0.25) is 4.79 Å². The van der Waals surface area contributed by atoms with E-state index in [1.165, 1.54) is 12.4 Å². The predicted molar refractivity (Wildman–Crippen MR) is 61.7 cm³/mol. The van der Waals surface area contributed by atoms with Gasteiger partial charge in [0, 0.05) is 32.6 Å². The second-order valence-corrected chi connectivity index (χ2v) is 3.16. The molecule has 5 nitrogen and oxygen atoms in total. The second-order valence-electron chi connectivity index (χ2n) is 3.16. The lowest BCUT2D eigenvalue weighted by molar-refractivity contribution is 0.112. The molecule has 0 saturated heterocycles. The van der Waals surface area contributed by atoms with Crippen LogP contribution in [-0.4, -0.2) is 43.1 Å². The lowest BCUT2D eigenvalue weighted by Gasteiger charge is -2.20. The van der Waals surface area contributed by atoms with Crippen LogP contribution in [0.1, 0.15) is 10.4 Å².